The number of carbonyl (C=O) groups is 1. The van der Waals surface area contributed by atoms with Crippen LogP contribution in [0.4, 0.5) is 11.4 Å². The number of hydrogen-bond acceptors (Lipinski definition) is 3. The minimum absolute atomic E-state index is 0.0877. The third kappa shape index (κ3) is 1.95. The van der Waals surface area contributed by atoms with E-state index in [4.69, 9.17) is 11.5 Å². The van der Waals surface area contributed by atoms with Crippen LogP contribution >= 0.6 is 0 Å². The molecular weight excluding hydrogens is 214 g/mol. The number of benzene rings is 1. The fraction of sp³-hybridized carbons (Fsp3) is 0.462. The van der Waals surface area contributed by atoms with Gasteiger partial charge < -0.3 is 16.4 Å². The number of anilines is 2. The summed E-state index contributed by atoms with van der Waals surface area (Å²) in [6.45, 7) is 5.35. The predicted molar refractivity (Wildman–Crippen MR) is 70.0 cm³/mol. The maximum absolute atomic E-state index is 11.3. The van der Waals surface area contributed by atoms with Crippen molar-refractivity contribution in [2.75, 3.05) is 17.2 Å². The number of nitrogens with zero attached hydrogens (tertiary/aromatic N) is 1. The average Bonchev–Trinajstić information content (AvgIpc) is 2.58. The maximum Gasteiger partial charge on any atom is 0.250 e. The largest absolute Gasteiger partial charge is 0.396 e. The topological polar surface area (TPSA) is 72.3 Å². The molecule has 0 aromatic heterocycles. The number of primary amides is 1. The Labute approximate surface area is 102 Å². The second-order valence-electron chi connectivity index (χ2n) is 5.17. The van der Waals surface area contributed by atoms with E-state index in [0.29, 0.717) is 11.3 Å². The van der Waals surface area contributed by atoms with Gasteiger partial charge in [-0.3, -0.25) is 4.79 Å². The van der Waals surface area contributed by atoms with Gasteiger partial charge in [-0.15, -0.1) is 0 Å². The van der Waals surface area contributed by atoms with Crippen molar-refractivity contribution in [1.82, 2.24) is 0 Å². The van der Waals surface area contributed by atoms with Gasteiger partial charge in [0.05, 0.1) is 16.9 Å². The minimum atomic E-state index is -0.471. The number of nitrogen functional groups attached to an aromatic ring is 1. The number of carbonyl (C=O) groups excluding carboxylic acids is 1. The first-order chi connectivity index (χ1) is 7.93. The van der Waals surface area contributed by atoms with E-state index in [1.807, 2.05) is 12.1 Å². The molecule has 92 valence electrons. The van der Waals surface area contributed by atoms with E-state index in [1.54, 1.807) is 6.07 Å². The molecule has 4 N–H and O–H groups in total. The van der Waals surface area contributed by atoms with Gasteiger partial charge in [-0.25, -0.2) is 0 Å². The summed E-state index contributed by atoms with van der Waals surface area (Å²) in [5, 5.41) is 0. The number of rotatable bonds is 2. The molecule has 1 aromatic carbocycles. The van der Waals surface area contributed by atoms with Crippen LogP contribution in [0.2, 0.25) is 0 Å². The van der Waals surface area contributed by atoms with Gasteiger partial charge in [0, 0.05) is 12.1 Å². The molecule has 0 aliphatic carbocycles. The zero-order chi connectivity index (χ0) is 12.6. The summed E-state index contributed by atoms with van der Waals surface area (Å²) in [6.07, 6.45) is 2.28. The smallest absolute Gasteiger partial charge is 0.250 e. The van der Waals surface area contributed by atoms with Crippen LogP contribution in [0.3, 0.4) is 0 Å². The lowest BCUT2D eigenvalue weighted by Crippen LogP contribution is -2.38. The highest BCUT2D eigenvalue weighted by Crippen LogP contribution is 2.37. The molecular formula is C13H19N3O. The average molecular weight is 233 g/mol. The molecule has 17 heavy (non-hydrogen) atoms. The summed E-state index contributed by atoms with van der Waals surface area (Å²) in [7, 11) is 0. The van der Waals surface area contributed by atoms with Gasteiger partial charge in [-0.1, -0.05) is 6.07 Å². The molecule has 0 atom stereocenters. The van der Waals surface area contributed by atoms with Crippen molar-refractivity contribution in [2.45, 2.75) is 32.2 Å². The molecule has 1 fully saturated rings. The monoisotopic (exact) mass is 233 g/mol. The molecule has 1 heterocycles. The standard InChI is InChI=1S/C13H19N3O/c1-13(2)7-4-8-16(13)10-6-3-5-9(11(10)14)12(15)17/h3,5-6H,4,7-8,14H2,1-2H3,(H2,15,17). The Bertz CT molecular complexity index is 454. The number of nitrogens with two attached hydrogens (primary N) is 2. The Morgan fingerprint density at radius 3 is 2.65 bits per heavy atom. The minimum Gasteiger partial charge on any atom is -0.396 e. The zero-order valence-corrected chi connectivity index (χ0v) is 10.4. The Morgan fingerprint density at radius 1 is 1.41 bits per heavy atom. The van der Waals surface area contributed by atoms with Crippen molar-refractivity contribution < 1.29 is 4.79 Å². The summed E-state index contributed by atoms with van der Waals surface area (Å²) < 4.78 is 0. The quantitative estimate of drug-likeness (QED) is 0.764. The van der Waals surface area contributed by atoms with Gasteiger partial charge in [0.1, 0.15) is 0 Å². The molecule has 1 aromatic rings. The van der Waals surface area contributed by atoms with Crippen molar-refractivity contribution in [3.05, 3.63) is 23.8 Å². The third-order valence-electron chi connectivity index (χ3n) is 3.54. The van der Waals surface area contributed by atoms with Crippen molar-refractivity contribution in [2.24, 2.45) is 5.73 Å². The van der Waals surface area contributed by atoms with Gasteiger partial charge in [0.15, 0.2) is 0 Å². The van der Waals surface area contributed by atoms with E-state index in [9.17, 15) is 4.79 Å². The van der Waals surface area contributed by atoms with Crippen molar-refractivity contribution >= 4 is 17.3 Å². The van der Waals surface area contributed by atoms with Crippen LogP contribution in [-0.2, 0) is 0 Å². The molecule has 4 nitrogen and oxygen atoms in total. The van der Waals surface area contributed by atoms with Crippen LogP contribution in [0.25, 0.3) is 0 Å². The number of para-hydroxylation sites is 1. The molecule has 1 amide bonds. The molecule has 0 bridgehead atoms. The van der Waals surface area contributed by atoms with E-state index in [0.717, 1.165) is 25.1 Å². The van der Waals surface area contributed by atoms with E-state index in [1.165, 1.54) is 0 Å². The fourth-order valence-corrected chi connectivity index (χ4v) is 2.56. The Kier molecular flexibility index (Phi) is 2.73. The number of amides is 1. The first-order valence-electron chi connectivity index (χ1n) is 5.89. The van der Waals surface area contributed by atoms with Crippen LogP contribution < -0.4 is 16.4 Å². The normalized spacial score (nSPS) is 18.4. The van der Waals surface area contributed by atoms with Crippen LogP contribution in [-0.4, -0.2) is 18.0 Å². The summed E-state index contributed by atoms with van der Waals surface area (Å²) in [6, 6.07) is 5.46. The molecule has 4 heteroatoms. The molecule has 0 unspecified atom stereocenters. The second-order valence-corrected chi connectivity index (χ2v) is 5.17. The fourth-order valence-electron chi connectivity index (χ4n) is 2.56. The lowest BCUT2D eigenvalue weighted by Gasteiger charge is -2.34. The van der Waals surface area contributed by atoms with Crippen molar-refractivity contribution in [3.8, 4) is 0 Å². The Balaban J connectivity index is 2.46. The number of hydrogen-bond donors (Lipinski definition) is 2. The van der Waals surface area contributed by atoms with Gasteiger partial charge in [-0.05, 0) is 38.8 Å². The van der Waals surface area contributed by atoms with Gasteiger partial charge in [0.2, 0.25) is 0 Å². The van der Waals surface area contributed by atoms with E-state index in [-0.39, 0.29) is 5.54 Å². The highest BCUT2D eigenvalue weighted by molar-refractivity contribution is 6.01. The summed E-state index contributed by atoms with van der Waals surface area (Å²) in [5.41, 5.74) is 13.3. The molecule has 1 aliphatic heterocycles. The van der Waals surface area contributed by atoms with Crippen LogP contribution in [0.5, 0.6) is 0 Å². The van der Waals surface area contributed by atoms with Crippen LogP contribution in [0.15, 0.2) is 18.2 Å². The molecule has 0 spiro atoms. The molecule has 1 aliphatic rings. The Morgan fingerprint density at radius 2 is 2.12 bits per heavy atom. The predicted octanol–water partition coefficient (Wildman–Crippen LogP) is 1.75. The first-order valence-corrected chi connectivity index (χ1v) is 5.89. The zero-order valence-electron chi connectivity index (χ0n) is 10.4. The lowest BCUT2D eigenvalue weighted by atomic mass is 10.0. The van der Waals surface area contributed by atoms with E-state index < -0.39 is 5.91 Å². The maximum atomic E-state index is 11.3. The van der Waals surface area contributed by atoms with Gasteiger partial charge in [-0.2, -0.15) is 0 Å². The second kappa shape index (κ2) is 3.95. The Hall–Kier alpha value is -1.71. The molecule has 0 saturated carbocycles. The third-order valence-corrected chi connectivity index (χ3v) is 3.54. The van der Waals surface area contributed by atoms with Crippen LogP contribution in [0.1, 0.15) is 37.0 Å². The molecule has 2 rings (SSSR count). The highest BCUT2D eigenvalue weighted by Gasteiger charge is 2.33. The summed E-state index contributed by atoms with van der Waals surface area (Å²) >= 11 is 0. The SMILES string of the molecule is CC1(C)CCCN1c1cccc(C(N)=O)c1N. The highest BCUT2D eigenvalue weighted by atomic mass is 16.1. The lowest BCUT2D eigenvalue weighted by molar-refractivity contribution is 0.100. The first kappa shape index (κ1) is 11.8. The van der Waals surface area contributed by atoms with E-state index >= 15 is 0 Å². The van der Waals surface area contributed by atoms with Gasteiger partial charge in [0.25, 0.3) is 5.91 Å². The van der Waals surface area contributed by atoms with Crippen molar-refractivity contribution in [3.63, 3.8) is 0 Å². The van der Waals surface area contributed by atoms with Crippen LogP contribution in [0, 0.1) is 0 Å². The molecule has 0 radical (unpaired) electrons. The van der Waals surface area contributed by atoms with E-state index in [2.05, 4.69) is 18.7 Å². The summed E-state index contributed by atoms with van der Waals surface area (Å²) in [4.78, 5) is 13.5. The van der Waals surface area contributed by atoms with Gasteiger partial charge >= 0.3 is 0 Å². The molecule has 1 saturated heterocycles. The van der Waals surface area contributed by atoms with Crippen molar-refractivity contribution in [1.29, 1.82) is 0 Å². The summed E-state index contributed by atoms with van der Waals surface area (Å²) in [5.74, 6) is -0.471.